The maximum absolute atomic E-state index is 5.36. The molecule has 2 aromatic rings. The van der Waals surface area contributed by atoms with Crippen molar-refractivity contribution in [1.29, 1.82) is 0 Å². The van der Waals surface area contributed by atoms with Gasteiger partial charge in [-0.15, -0.1) is 0 Å². The Kier molecular flexibility index (Phi) is 2.37. The summed E-state index contributed by atoms with van der Waals surface area (Å²) in [6, 6.07) is 3.92. The monoisotopic (exact) mass is 191 g/mol. The Hall–Kier alpha value is -1.55. The van der Waals surface area contributed by atoms with Gasteiger partial charge < -0.3 is 9.73 Å². The summed E-state index contributed by atoms with van der Waals surface area (Å²) in [7, 11) is 3.80. The van der Waals surface area contributed by atoms with Crippen LogP contribution in [0.15, 0.2) is 29.0 Å². The Morgan fingerprint density at radius 3 is 3.00 bits per heavy atom. The highest BCUT2D eigenvalue weighted by molar-refractivity contribution is 5.60. The fraction of sp³-hybridized carbons (Fsp3) is 0.300. The van der Waals surface area contributed by atoms with Gasteiger partial charge in [-0.1, -0.05) is 0 Å². The van der Waals surface area contributed by atoms with Crippen molar-refractivity contribution < 1.29 is 4.42 Å². The predicted octanol–water partition coefficient (Wildman–Crippen LogP) is 1.40. The van der Waals surface area contributed by atoms with Crippen LogP contribution in [0.25, 0.3) is 11.3 Å². The molecule has 74 valence electrons. The van der Waals surface area contributed by atoms with Crippen LogP contribution in [-0.4, -0.2) is 16.8 Å². The highest BCUT2D eigenvalue weighted by atomic mass is 16.3. The van der Waals surface area contributed by atoms with E-state index in [1.165, 1.54) is 0 Å². The summed E-state index contributed by atoms with van der Waals surface area (Å²) in [6.07, 6.45) is 3.61. The number of rotatable bonds is 3. The molecule has 4 heteroatoms. The van der Waals surface area contributed by atoms with Crippen molar-refractivity contribution in [3.05, 3.63) is 30.4 Å². The average molecular weight is 191 g/mol. The number of hydrogen-bond donors (Lipinski definition) is 1. The summed E-state index contributed by atoms with van der Waals surface area (Å²) in [5, 5.41) is 7.38. The molecule has 0 aliphatic heterocycles. The molecule has 0 aliphatic rings. The van der Waals surface area contributed by atoms with Gasteiger partial charge in [0.1, 0.15) is 5.76 Å². The Bertz CT molecular complexity index is 416. The smallest absolute Gasteiger partial charge is 0.126 e. The van der Waals surface area contributed by atoms with Crippen LogP contribution in [0.4, 0.5) is 0 Å². The molecule has 0 aromatic carbocycles. The number of furan rings is 1. The maximum atomic E-state index is 5.36. The average Bonchev–Trinajstić information content (AvgIpc) is 2.74. The standard InChI is InChI=1S/C10H13N3O/c1-11-7-10-8(4-6-14-10)9-3-5-13(2)12-9/h3-6,11H,7H2,1-2H3. The predicted molar refractivity (Wildman–Crippen MR) is 53.7 cm³/mol. The molecule has 14 heavy (non-hydrogen) atoms. The van der Waals surface area contributed by atoms with E-state index in [2.05, 4.69) is 10.4 Å². The van der Waals surface area contributed by atoms with Crippen LogP contribution < -0.4 is 5.32 Å². The summed E-state index contributed by atoms with van der Waals surface area (Å²) in [6.45, 7) is 0.721. The number of nitrogens with zero attached hydrogens (tertiary/aromatic N) is 2. The van der Waals surface area contributed by atoms with Crippen LogP contribution in [0.3, 0.4) is 0 Å². The van der Waals surface area contributed by atoms with Crippen molar-refractivity contribution in [2.45, 2.75) is 6.54 Å². The SMILES string of the molecule is CNCc1occc1-c1ccn(C)n1. The van der Waals surface area contributed by atoms with Crippen LogP contribution in [-0.2, 0) is 13.6 Å². The zero-order valence-electron chi connectivity index (χ0n) is 8.32. The van der Waals surface area contributed by atoms with Crippen molar-refractivity contribution in [2.24, 2.45) is 7.05 Å². The molecule has 0 saturated heterocycles. The first kappa shape index (κ1) is 9.02. The summed E-state index contributed by atoms with van der Waals surface area (Å²) >= 11 is 0. The van der Waals surface area contributed by atoms with Crippen molar-refractivity contribution in [2.75, 3.05) is 7.05 Å². The van der Waals surface area contributed by atoms with Crippen molar-refractivity contribution in [3.63, 3.8) is 0 Å². The summed E-state index contributed by atoms with van der Waals surface area (Å²) in [5.74, 6) is 0.922. The minimum absolute atomic E-state index is 0.721. The molecule has 0 aliphatic carbocycles. The maximum Gasteiger partial charge on any atom is 0.126 e. The molecule has 2 heterocycles. The van der Waals surface area contributed by atoms with Crippen LogP contribution in [0.5, 0.6) is 0 Å². The van der Waals surface area contributed by atoms with E-state index in [4.69, 9.17) is 4.42 Å². The quantitative estimate of drug-likeness (QED) is 0.797. The van der Waals surface area contributed by atoms with Gasteiger partial charge in [-0.05, 0) is 19.2 Å². The van der Waals surface area contributed by atoms with Crippen LogP contribution in [0.2, 0.25) is 0 Å². The summed E-state index contributed by atoms with van der Waals surface area (Å²) in [5.41, 5.74) is 2.01. The molecule has 0 atom stereocenters. The molecular formula is C10H13N3O. The number of nitrogens with one attached hydrogen (secondary N) is 1. The molecule has 0 unspecified atom stereocenters. The topological polar surface area (TPSA) is 43.0 Å². The molecule has 2 rings (SSSR count). The fourth-order valence-corrected chi connectivity index (χ4v) is 1.43. The van der Waals surface area contributed by atoms with Crippen molar-refractivity contribution in [1.82, 2.24) is 15.1 Å². The van der Waals surface area contributed by atoms with Gasteiger partial charge in [0.15, 0.2) is 0 Å². The molecule has 0 fully saturated rings. The van der Waals surface area contributed by atoms with Crippen LogP contribution in [0.1, 0.15) is 5.76 Å². The van der Waals surface area contributed by atoms with Crippen molar-refractivity contribution >= 4 is 0 Å². The molecule has 0 amide bonds. The minimum Gasteiger partial charge on any atom is -0.467 e. The minimum atomic E-state index is 0.721. The lowest BCUT2D eigenvalue weighted by molar-refractivity contribution is 0.496. The van der Waals surface area contributed by atoms with E-state index < -0.39 is 0 Å². The summed E-state index contributed by atoms with van der Waals surface area (Å²) < 4.78 is 7.14. The largest absolute Gasteiger partial charge is 0.467 e. The highest BCUT2D eigenvalue weighted by Crippen LogP contribution is 2.22. The second kappa shape index (κ2) is 3.67. The molecule has 0 spiro atoms. The van der Waals surface area contributed by atoms with Gasteiger partial charge in [0.2, 0.25) is 0 Å². The third-order valence-corrected chi connectivity index (χ3v) is 2.07. The van der Waals surface area contributed by atoms with Gasteiger partial charge >= 0.3 is 0 Å². The third kappa shape index (κ3) is 1.56. The van der Waals surface area contributed by atoms with E-state index in [0.717, 1.165) is 23.6 Å². The van der Waals surface area contributed by atoms with Gasteiger partial charge in [-0.2, -0.15) is 5.10 Å². The molecule has 0 saturated carbocycles. The second-order valence-corrected chi connectivity index (χ2v) is 3.16. The lowest BCUT2D eigenvalue weighted by Gasteiger charge is -1.97. The van der Waals surface area contributed by atoms with E-state index in [1.54, 1.807) is 10.9 Å². The molecule has 0 radical (unpaired) electrons. The fourth-order valence-electron chi connectivity index (χ4n) is 1.43. The second-order valence-electron chi connectivity index (χ2n) is 3.16. The Labute approximate surface area is 82.5 Å². The van der Waals surface area contributed by atoms with Crippen molar-refractivity contribution in [3.8, 4) is 11.3 Å². The molecule has 4 nitrogen and oxygen atoms in total. The Morgan fingerprint density at radius 1 is 1.50 bits per heavy atom. The Morgan fingerprint density at radius 2 is 2.36 bits per heavy atom. The van der Waals surface area contributed by atoms with Gasteiger partial charge in [0, 0.05) is 18.8 Å². The zero-order chi connectivity index (χ0) is 9.97. The Balaban J connectivity index is 2.36. The van der Waals surface area contributed by atoms with Gasteiger partial charge in [-0.3, -0.25) is 4.68 Å². The first-order valence-corrected chi connectivity index (χ1v) is 4.52. The molecule has 1 N–H and O–H groups in total. The van der Waals surface area contributed by atoms with E-state index in [-0.39, 0.29) is 0 Å². The number of aromatic nitrogens is 2. The van der Waals surface area contributed by atoms with E-state index in [9.17, 15) is 0 Å². The van der Waals surface area contributed by atoms with Gasteiger partial charge in [0.05, 0.1) is 18.5 Å². The first-order chi connectivity index (χ1) is 6.81. The normalized spacial score (nSPS) is 10.7. The van der Waals surface area contributed by atoms with Crippen LogP contribution in [0, 0.1) is 0 Å². The first-order valence-electron chi connectivity index (χ1n) is 4.52. The van der Waals surface area contributed by atoms with Crippen LogP contribution >= 0.6 is 0 Å². The summed E-state index contributed by atoms with van der Waals surface area (Å²) in [4.78, 5) is 0. The van der Waals surface area contributed by atoms with E-state index in [1.807, 2.05) is 32.4 Å². The zero-order valence-corrected chi connectivity index (χ0v) is 8.32. The number of hydrogen-bond acceptors (Lipinski definition) is 3. The third-order valence-electron chi connectivity index (χ3n) is 2.07. The van der Waals surface area contributed by atoms with Gasteiger partial charge in [0.25, 0.3) is 0 Å². The number of aryl methyl sites for hydroxylation is 1. The lowest BCUT2D eigenvalue weighted by Crippen LogP contribution is -2.04. The lowest BCUT2D eigenvalue weighted by atomic mass is 10.2. The van der Waals surface area contributed by atoms with Gasteiger partial charge in [-0.25, -0.2) is 0 Å². The van der Waals surface area contributed by atoms with E-state index >= 15 is 0 Å². The molecule has 0 bridgehead atoms. The molecule has 2 aromatic heterocycles. The van der Waals surface area contributed by atoms with E-state index in [0.29, 0.717) is 0 Å². The molecular weight excluding hydrogens is 178 g/mol. The highest BCUT2D eigenvalue weighted by Gasteiger charge is 2.09.